The zero-order valence-electron chi connectivity index (χ0n) is 18.4. The van der Waals surface area contributed by atoms with E-state index in [9.17, 15) is 19.8 Å². The summed E-state index contributed by atoms with van der Waals surface area (Å²) in [7, 11) is 0. The minimum absolute atomic E-state index is 0. The van der Waals surface area contributed by atoms with Gasteiger partial charge in [0.2, 0.25) is 0 Å². The number of hydrogen-bond donors (Lipinski definition) is 4. The van der Waals surface area contributed by atoms with Crippen LogP contribution in [0.15, 0.2) is 40.4 Å². The van der Waals surface area contributed by atoms with Crippen LogP contribution >= 0.6 is 0 Å². The number of ether oxygens (including phenoxy) is 1. The molecule has 1 rings (SSSR count). The Morgan fingerprint density at radius 2 is 1.59 bits per heavy atom. The number of nitrogens with zero attached hydrogens (tertiary/aromatic N) is 1. The summed E-state index contributed by atoms with van der Waals surface area (Å²) >= 11 is 0. The van der Waals surface area contributed by atoms with Crippen molar-refractivity contribution in [1.82, 2.24) is 0 Å². The molecule has 1 unspecified atom stereocenters. The van der Waals surface area contributed by atoms with Crippen molar-refractivity contribution >= 4 is 17.9 Å². The monoisotopic (exact) mass is 397 g/mol. The van der Waals surface area contributed by atoms with Crippen molar-refractivity contribution in [2.75, 3.05) is 0 Å². The summed E-state index contributed by atoms with van der Waals surface area (Å²) in [6, 6.07) is 6.62. The fourth-order valence-corrected chi connectivity index (χ4v) is 2.33. The van der Waals surface area contributed by atoms with E-state index in [-0.39, 0.29) is 85.5 Å². The van der Waals surface area contributed by atoms with Gasteiger partial charge in [-0.1, -0.05) is 26.0 Å². The van der Waals surface area contributed by atoms with Crippen molar-refractivity contribution in [2.45, 2.75) is 33.4 Å². The van der Waals surface area contributed by atoms with Crippen molar-refractivity contribution in [1.29, 1.82) is 0 Å². The fraction of sp³-hybridized carbons (Fsp3) is 0.353. The van der Waals surface area contributed by atoms with Gasteiger partial charge in [0.25, 0.3) is 0 Å². The SMILES string of the molecule is CC(N=C(N)N)Oc1ccc(C/C(C(=O)O)=C(/C(=O)O)C(C)C)cc1.[H-].[H-].[Na+].[Na+]. The van der Waals surface area contributed by atoms with Gasteiger partial charge < -0.3 is 29.3 Å². The van der Waals surface area contributed by atoms with Crippen LogP contribution in [0.25, 0.3) is 0 Å². The predicted molar refractivity (Wildman–Crippen MR) is 95.4 cm³/mol. The van der Waals surface area contributed by atoms with Gasteiger partial charge in [-0.15, -0.1) is 0 Å². The van der Waals surface area contributed by atoms with Crippen LogP contribution in [0.3, 0.4) is 0 Å². The largest absolute Gasteiger partial charge is 1.00 e. The third-order valence-corrected chi connectivity index (χ3v) is 3.33. The molecule has 0 bridgehead atoms. The standard InChI is InChI=1S/C17H23N3O5.2Na.2H/c1-9(2)14(16(23)24)13(15(21)22)8-11-4-6-12(7-5-11)25-10(3)20-17(18)19;;;;/h4-7,9-10H,8H2,1-3H3,(H,21,22)(H,23,24)(H4,18,19,20);;;;/q;2*+1;2*-1/b14-13-;;;;. The van der Waals surface area contributed by atoms with Crippen LogP contribution in [0.5, 0.6) is 5.75 Å². The second kappa shape index (κ2) is 13.2. The zero-order chi connectivity index (χ0) is 19.1. The van der Waals surface area contributed by atoms with Crippen molar-refractivity contribution in [3.63, 3.8) is 0 Å². The van der Waals surface area contributed by atoms with Gasteiger partial charge in [-0.3, -0.25) is 0 Å². The third-order valence-electron chi connectivity index (χ3n) is 3.33. The van der Waals surface area contributed by atoms with Gasteiger partial charge >= 0.3 is 71.1 Å². The summed E-state index contributed by atoms with van der Waals surface area (Å²) in [5.41, 5.74) is 11.0. The number of carbonyl (C=O) groups is 2. The first-order chi connectivity index (χ1) is 11.6. The van der Waals surface area contributed by atoms with Crippen molar-refractivity contribution in [3.05, 3.63) is 41.0 Å². The van der Waals surface area contributed by atoms with Gasteiger partial charge in [-0.2, -0.15) is 0 Å². The molecule has 1 aromatic carbocycles. The number of hydrogen-bond acceptors (Lipinski definition) is 4. The summed E-state index contributed by atoms with van der Waals surface area (Å²) in [4.78, 5) is 26.7. The van der Waals surface area contributed by atoms with E-state index in [1.54, 1.807) is 45.0 Å². The molecule has 1 aromatic rings. The Morgan fingerprint density at radius 3 is 1.96 bits per heavy atom. The van der Waals surface area contributed by atoms with Crippen LogP contribution < -0.4 is 75.3 Å². The number of aliphatic imine (C=N–C) groups is 1. The Labute approximate surface area is 205 Å². The van der Waals surface area contributed by atoms with E-state index in [0.29, 0.717) is 11.3 Å². The number of nitrogens with two attached hydrogens (primary N) is 2. The first-order valence-corrected chi connectivity index (χ1v) is 7.65. The van der Waals surface area contributed by atoms with Crippen LogP contribution in [0, 0.1) is 5.92 Å². The number of guanidine groups is 1. The molecule has 0 heterocycles. The maximum Gasteiger partial charge on any atom is 1.00 e. The van der Waals surface area contributed by atoms with Gasteiger partial charge in [0, 0.05) is 6.42 Å². The molecule has 0 aliphatic rings. The Hall–Kier alpha value is -1.03. The smallest absolute Gasteiger partial charge is 1.00 e. The third kappa shape index (κ3) is 9.64. The number of aliphatic carboxylic acids is 2. The van der Waals surface area contributed by atoms with E-state index in [0.717, 1.165) is 0 Å². The van der Waals surface area contributed by atoms with Crippen molar-refractivity contribution in [2.24, 2.45) is 22.4 Å². The van der Waals surface area contributed by atoms with Gasteiger partial charge in [-0.05, 0) is 30.5 Å². The van der Waals surface area contributed by atoms with Gasteiger partial charge in [0.15, 0.2) is 12.2 Å². The molecule has 0 saturated heterocycles. The molecule has 1 atom stereocenters. The van der Waals surface area contributed by atoms with E-state index < -0.39 is 24.1 Å². The molecular formula is C17H25N3Na2O5. The normalized spacial score (nSPS) is 12.0. The van der Waals surface area contributed by atoms with Crippen LogP contribution in [0.4, 0.5) is 0 Å². The summed E-state index contributed by atoms with van der Waals surface area (Å²) in [5.74, 6) is -2.46. The first kappa shape index (κ1) is 28.2. The van der Waals surface area contributed by atoms with Gasteiger partial charge in [-0.25, -0.2) is 14.6 Å². The molecule has 140 valence electrons. The first-order valence-electron chi connectivity index (χ1n) is 7.65. The van der Waals surface area contributed by atoms with E-state index in [2.05, 4.69) is 4.99 Å². The van der Waals surface area contributed by atoms with Crippen LogP contribution in [-0.4, -0.2) is 34.3 Å². The Morgan fingerprint density at radius 1 is 1.07 bits per heavy atom. The molecule has 0 aliphatic heterocycles. The van der Waals surface area contributed by atoms with Gasteiger partial charge in [0.1, 0.15) is 5.75 Å². The number of carboxylic acids is 2. The van der Waals surface area contributed by atoms with E-state index >= 15 is 0 Å². The zero-order valence-corrected chi connectivity index (χ0v) is 20.4. The molecule has 0 amide bonds. The molecule has 0 fully saturated rings. The Balaban J connectivity index is -0.000000781. The summed E-state index contributed by atoms with van der Waals surface area (Å²) < 4.78 is 5.49. The summed E-state index contributed by atoms with van der Waals surface area (Å²) in [5, 5.41) is 18.7. The molecule has 10 heteroatoms. The second-order valence-corrected chi connectivity index (χ2v) is 5.75. The second-order valence-electron chi connectivity index (χ2n) is 5.75. The molecular weight excluding hydrogens is 372 g/mol. The fourth-order valence-electron chi connectivity index (χ4n) is 2.33. The van der Waals surface area contributed by atoms with E-state index in [1.165, 1.54) is 0 Å². The van der Waals surface area contributed by atoms with Crippen LogP contribution in [-0.2, 0) is 16.0 Å². The molecule has 0 radical (unpaired) electrons. The Bertz CT molecular complexity index is 710. The maximum atomic E-state index is 11.5. The molecule has 0 spiro atoms. The molecule has 0 aliphatic carbocycles. The van der Waals surface area contributed by atoms with Gasteiger partial charge in [0.05, 0.1) is 11.1 Å². The van der Waals surface area contributed by atoms with Crippen molar-refractivity contribution < 1.29 is 86.5 Å². The topological polar surface area (TPSA) is 148 Å². The molecule has 8 nitrogen and oxygen atoms in total. The molecule has 6 N–H and O–H groups in total. The maximum absolute atomic E-state index is 11.5. The van der Waals surface area contributed by atoms with E-state index in [1.807, 2.05) is 0 Å². The van der Waals surface area contributed by atoms with Crippen LogP contribution in [0.2, 0.25) is 0 Å². The minimum atomic E-state index is -1.24. The predicted octanol–water partition coefficient (Wildman–Crippen LogP) is -4.42. The average Bonchev–Trinajstić information content (AvgIpc) is 2.46. The Kier molecular flexibility index (Phi) is 13.8. The van der Waals surface area contributed by atoms with E-state index in [4.69, 9.17) is 16.2 Å². The quantitative estimate of drug-likeness (QED) is 0.150. The average molecular weight is 397 g/mol. The number of benzene rings is 1. The molecule has 0 aromatic heterocycles. The number of rotatable bonds is 8. The molecule has 0 saturated carbocycles. The number of carboxylic acid groups (broad SMARTS) is 2. The minimum Gasteiger partial charge on any atom is -1.00 e. The van der Waals surface area contributed by atoms with Crippen LogP contribution in [0.1, 0.15) is 29.2 Å². The summed E-state index contributed by atoms with van der Waals surface area (Å²) in [6.07, 6.45) is -0.566. The molecule has 27 heavy (non-hydrogen) atoms. The summed E-state index contributed by atoms with van der Waals surface area (Å²) in [6.45, 7) is 4.96. The van der Waals surface area contributed by atoms with Crippen molar-refractivity contribution in [3.8, 4) is 5.75 Å².